The number of fused-ring (bicyclic) bond motifs is 1. The molecular formula is C22H28N2O6S. The van der Waals surface area contributed by atoms with Crippen LogP contribution < -0.4 is 23.7 Å². The maximum atomic E-state index is 12.7. The fourth-order valence-corrected chi connectivity index (χ4v) is 5.17. The van der Waals surface area contributed by atoms with Crippen molar-refractivity contribution in [2.75, 3.05) is 47.1 Å². The molecule has 0 aliphatic carbocycles. The maximum absolute atomic E-state index is 12.7. The number of hydrogen-bond donors (Lipinski definition) is 1. The Balaban J connectivity index is 1.39. The van der Waals surface area contributed by atoms with Gasteiger partial charge in [0.05, 0.1) is 19.1 Å². The molecule has 9 heteroatoms. The molecule has 168 valence electrons. The largest absolute Gasteiger partial charge is 0.493 e. The summed E-state index contributed by atoms with van der Waals surface area (Å²) in [6, 6.07) is 10.9. The first-order chi connectivity index (χ1) is 15.0. The number of rotatable bonds is 8. The minimum absolute atomic E-state index is 0.148. The molecule has 2 heterocycles. The zero-order valence-corrected chi connectivity index (χ0v) is 18.6. The van der Waals surface area contributed by atoms with E-state index in [1.165, 1.54) is 31.9 Å². The molecule has 0 saturated carbocycles. The molecule has 0 amide bonds. The molecule has 0 spiro atoms. The second-order valence-corrected chi connectivity index (χ2v) is 9.28. The van der Waals surface area contributed by atoms with Crippen LogP contribution in [-0.4, -0.2) is 60.4 Å². The Labute approximate surface area is 183 Å². The van der Waals surface area contributed by atoms with Crippen LogP contribution in [0.1, 0.15) is 24.4 Å². The monoisotopic (exact) mass is 448 g/mol. The van der Waals surface area contributed by atoms with Gasteiger partial charge in [-0.1, -0.05) is 6.07 Å². The lowest BCUT2D eigenvalue weighted by Gasteiger charge is -2.26. The molecule has 1 unspecified atom stereocenters. The average molecular weight is 449 g/mol. The van der Waals surface area contributed by atoms with Crippen LogP contribution in [0.3, 0.4) is 0 Å². The minimum atomic E-state index is -3.65. The minimum Gasteiger partial charge on any atom is -0.493 e. The maximum Gasteiger partial charge on any atom is 0.240 e. The first kappa shape index (κ1) is 21.7. The van der Waals surface area contributed by atoms with Gasteiger partial charge in [-0.2, -0.15) is 0 Å². The Bertz CT molecular complexity index is 1030. The van der Waals surface area contributed by atoms with Crippen LogP contribution in [0.2, 0.25) is 0 Å². The number of hydrogen-bond acceptors (Lipinski definition) is 7. The third-order valence-corrected chi connectivity index (χ3v) is 7.13. The second-order valence-electron chi connectivity index (χ2n) is 7.51. The van der Waals surface area contributed by atoms with E-state index >= 15 is 0 Å². The Morgan fingerprint density at radius 2 is 1.81 bits per heavy atom. The van der Waals surface area contributed by atoms with E-state index in [9.17, 15) is 8.42 Å². The zero-order chi connectivity index (χ0) is 21.8. The molecule has 1 saturated heterocycles. The van der Waals surface area contributed by atoms with E-state index in [-0.39, 0.29) is 10.9 Å². The van der Waals surface area contributed by atoms with Gasteiger partial charge in [-0.25, -0.2) is 13.1 Å². The Morgan fingerprint density at radius 3 is 2.58 bits per heavy atom. The molecular weight excluding hydrogens is 420 g/mol. The SMILES string of the molecule is COc1ccc(S(=O)(=O)NCCN2CCCC2c2ccc3c(c2)OCCO3)cc1OC. The number of nitrogens with zero attached hydrogens (tertiary/aromatic N) is 1. The first-order valence-corrected chi connectivity index (χ1v) is 11.9. The summed E-state index contributed by atoms with van der Waals surface area (Å²) in [6.45, 7) is 2.99. The number of nitrogens with one attached hydrogen (secondary N) is 1. The molecule has 4 rings (SSSR count). The Hall–Kier alpha value is -2.49. The molecule has 2 aromatic rings. The van der Waals surface area contributed by atoms with Crippen LogP contribution in [0, 0.1) is 0 Å². The van der Waals surface area contributed by atoms with Crippen molar-refractivity contribution in [2.24, 2.45) is 0 Å². The van der Waals surface area contributed by atoms with E-state index < -0.39 is 10.0 Å². The van der Waals surface area contributed by atoms with Crippen molar-refractivity contribution in [3.63, 3.8) is 0 Å². The van der Waals surface area contributed by atoms with Crippen LogP contribution in [-0.2, 0) is 10.0 Å². The van der Waals surface area contributed by atoms with Crippen LogP contribution in [0.5, 0.6) is 23.0 Å². The number of benzene rings is 2. The van der Waals surface area contributed by atoms with Crippen molar-refractivity contribution in [3.8, 4) is 23.0 Å². The summed E-state index contributed by atoms with van der Waals surface area (Å²) in [5, 5.41) is 0. The van der Waals surface area contributed by atoms with Crippen molar-refractivity contribution in [3.05, 3.63) is 42.0 Å². The van der Waals surface area contributed by atoms with Crippen molar-refractivity contribution >= 4 is 10.0 Å². The van der Waals surface area contributed by atoms with Crippen LogP contribution in [0.4, 0.5) is 0 Å². The van der Waals surface area contributed by atoms with E-state index in [2.05, 4.69) is 15.7 Å². The van der Waals surface area contributed by atoms with Gasteiger partial charge in [-0.3, -0.25) is 4.90 Å². The quantitative estimate of drug-likeness (QED) is 0.664. The average Bonchev–Trinajstić information content (AvgIpc) is 3.26. The van der Waals surface area contributed by atoms with E-state index in [0.717, 1.165) is 30.9 Å². The summed E-state index contributed by atoms with van der Waals surface area (Å²) < 4.78 is 49.9. The summed E-state index contributed by atoms with van der Waals surface area (Å²) in [7, 11) is -0.661. The molecule has 1 atom stereocenters. The molecule has 31 heavy (non-hydrogen) atoms. The third-order valence-electron chi connectivity index (χ3n) is 5.67. The van der Waals surface area contributed by atoms with Crippen molar-refractivity contribution in [2.45, 2.75) is 23.8 Å². The van der Waals surface area contributed by atoms with Crippen molar-refractivity contribution in [1.82, 2.24) is 9.62 Å². The first-order valence-electron chi connectivity index (χ1n) is 10.4. The van der Waals surface area contributed by atoms with E-state index in [4.69, 9.17) is 18.9 Å². The van der Waals surface area contributed by atoms with Gasteiger partial charge in [0, 0.05) is 25.2 Å². The Morgan fingerprint density at radius 1 is 1.03 bits per heavy atom. The smallest absolute Gasteiger partial charge is 0.240 e. The summed E-state index contributed by atoms with van der Waals surface area (Å²) in [5.41, 5.74) is 1.17. The fraction of sp³-hybridized carbons (Fsp3) is 0.455. The summed E-state index contributed by atoms with van der Waals surface area (Å²) in [6.07, 6.45) is 2.10. The predicted molar refractivity (Wildman–Crippen MR) is 116 cm³/mol. The number of likely N-dealkylation sites (tertiary alicyclic amines) is 1. The second kappa shape index (κ2) is 9.33. The topological polar surface area (TPSA) is 86.3 Å². The van der Waals surface area contributed by atoms with E-state index in [1.54, 1.807) is 6.07 Å². The van der Waals surface area contributed by atoms with Crippen molar-refractivity contribution in [1.29, 1.82) is 0 Å². The van der Waals surface area contributed by atoms with Gasteiger partial charge >= 0.3 is 0 Å². The molecule has 0 aromatic heterocycles. The zero-order valence-electron chi connectivity index (χ0n) is 17.8. The number of sulfonamides is 1. The number of methoxy groups -OCH3 is 2. The highest BCUT2D eigenvalue weighted by molar-refractivity contribution is 7.89. The van der Waals surface area contributed by atoms with Crippen LogP contribution in [0.15, 0.2) is 41.3 Å². The van der Waals surface area contributed by atoms with E-state index in [0.29, 0.717) is 37.8 Å². The third kappa shape index (κ3) is 4.73. The van der Waals surface area contributed by atoms with Crippen LogP contribution >= 0.6 is 0 Å². The molecule has 2 aliphatic rings. The summed E-state index contributed by atoms with van der Waals surface area (Å²) >= 11 is 0. The molecule has 2 aliphatic heterocycles. The van der Waals surface area contributed by atoms with Gasteiger partial charge in [0.1, 0.15) is 13.2 Å². The summed E-state index contributed by atoms with van der Waals surface area (Å²) in [5.74, 6) is 2.43. The van der Waals surface area contributed by atoms with Gasteiger partial charge < -0.3 is 18.9 Å². The van der Waals surface area contributed by atoms with Gasteiger partial charge in [-0.05, 0) is 49.2 Å². The van der Waals surface area contributed by atoms with Gasteiger partial charge in [-0.15, -0.1) is 0 Å². The van der Waals surface area contributed by atoms with E-state index in [1.807, 2.05) is 12.1 Å². The highest BCUT2D eigenvalue weighted by atomic mass is 32.2. The molecule has 1 fully saturated rings. The standard InChI is InChI=1S/C22H28N2O6S/c1-27-19-8-6-17(15-21(19)28-2)31(25,26)23-9-11-24-10-3-4-18(24)16-5-7-20-22(14-16)30-13-12-29-20/h5-8,14-15,18,23H,3-4,9-13H2,1-2H3. The highest BCUT2D eigenvalue weighted by Gasteiger charge is 2.27. The van der Waals surface area contributed by atoms with Gasteiger partial charge in [0.15, 0.2) is 23.0 Å². The number of ether oxygens (including phenoxy) is 4. The lowest BCUT2D eigenvalue weighted by Crippen LogP contribution is -2.34. The molecule has 1 N–H and O–H groups in total. The molecule has 2 aromatic carbocycles. The fourth-order valence-electron chi connectivity index (χ4n) is 4.13. The Kier molecular flexibility index (Phi) is 6.54. The van der Waals surface area contributed by atoms with Crippen LogP contribution in [0.25, 0.3) is 0 Å². The lowest BCUT2D eigenvalue weighted by molar-refractivity contribution is 0.170. The normalized spacial score (nSPS) is 18.7. The molecule has 0 radical (unpaired) electrons. The summed E-state index contributed by atoms with van der Waals surface area (Å²) in [4.78, 5) is 2.46. The molecule has 0 bridgehead atoms. The highest BCUT2D eigenvalue weighted by Crippen LogP contribution is 2.38. The molecule has 8 nitrogen and oxygen atoms in total. The van der Waals surface area contributed by atoms with Crippen molar-refractivity contribution < 1.29 is 27.4 Å². The predicted octanol–water partition coefficient (Wildman–Crippen LogP) is 2.59. The lowest BCUT2D eigenvalue weighted by atomic mass is 10.0. The van der Waals surface area contributed by atoms with Gasteiger partial charge in [0.2, 0.25) is 10.0 Å². The van der Waals surface area contributed by atoms with Gasteiger partial charge in [0.25, 0.3) is 0 Å².